The van der Waals surface area contributed by atoms with Crippen LogP contribution in [0.15, 0.2) is 0 Å². The zero-order chi connectivity index (χ0) is 13.1. The van der Waals surface area contributed by atoms with E-state index in [2.05, 4.69) is 29.3 Å². The summed E-state index contributed by atoms with van der Waals surface area (Å²) in [6.07, 6.45) is 3.52. The van der Waals surface area contributed by atoms with Crippen molar-refractivity contribution in [2.75, 3.05) is 31.2 Å². The van der Waals surface area contributed by atoms with Crippen molar-refractivity contribution in [1.82, 2.24) is 14.7 Å². The minimum absolute atomic E-state index is 0.484. The molecule has 3 N–H and O–H groups in total. The summed E-state index contributed by atoms with van der Waals surface area (Å²) in [4.78, 5) is 2.37. The van der Waals surface area contributed by atoms with Crippen molar-refractivity contribution in [1.29, 1.82) is 0 Å². The Labute approximate surface area is 109 Å². The highest BCUT2D eigenvalue weighted by Gasteiger charge is 2.20. The molecule has 102 valence electrons. The number of aryl methyl sites for hydroxylation is 2. The molecule has 1 saturated heterocycles. The Morgan fingerprint density at radius 2 is 2.28 bits per heavy atom. The van der Waals surface area contributed by atoms with Gasteiger partial charge in [-0.05, 0) is 39.8 Å². The molecule has 5 nitrogen and oxygen atoms in total. The van der Waals surface area contributed by atoms with Crippen molar-refractivity contribution in [3.63, 3.8) is 0 Å². The number of nitrogens with zero attached hydrogens (tertiary/aromatic N) is 3. The molecule has 0 amide bonds. The van der Waals surface area contributed by atoms with Crippen LogP contribution in [0, 0.1) is 6.92 Å². The van der Waals surface area contributed by atoms with E-state index in [0.29, 0.717) is 6.04 Å². The molecule has 2 heterocycles. The molecule has 0 radical (unpaired) electrons. The average molecular weight is 251 g/mol. The van der Waals surface area contributed by atoms with Gasteiger partial charge in [-0.3, -0.25) is 0 Å². The lowest BCUT2D eigenvalue weighted by Gasteiger charge is -2.31. The van der Waals surface area contributed by atoms with Crippen LogP contribution in [0.5, 0.6) is 0 Å². The summed E-state index contributed by atoms with van der Waals surface area (Å²) >= 11 is 0. The molecule has 1 aromatic rings. The van der Waals surface area contributed by atoms with Crippen molar-refractivity contribution < 1.29 is 0 Å². The summed E-state index contributed by atoms with van der Waals surface area (Å²) in [5.74, 6) is 1.01. The average Bonchev–Trinajstić information content (AvgIpc) is 2.58. The van der Waals surface area contributed by atoms with Crippen LogP contribution >= 0.6 is 0 Å². The molecule has 1 fully saturated rings. The number of hydrogen-bond acceptors (Lipinski definition) is 4. The quantitative estimate of drug-likeness (QED) is 0.855. The fourth-order valence-electron chi connectivity index (χ4n) is 2.60. The highest BCUT2D eigenvalue weighted by atomic mass is 15.3. The van der Waals surface area contributed by atoms with Crippen LogP contribution in [0.2, 0.25) is 0 Å². The van der Waals surface area contributed by atoms with Crippen molar-refractivity contribution in [3.05, 3.63) is 5.69 Å². The summed E-state index contributed by atoms with van der Waals surface area (Å²) < 4.78 is 2.01. The second-order valence-corrected chi connectivity index (χ2v) is 5.32. The lowest BCUT2D eigenvalue weighted by Crippen LogP contribution is -2.40. The zero-order valence-corrected chi connectivity index (χ0v) is 11.7. The SMILES string of the molecule is CCCn1nc(C)c(N)c1NC1CCCN(C)C1. The Morgan fingerprint density at radius 3 is 2.94 bits per heavy atom. The third kappa shape index (κ3) is 2.77. The molecule has 1 atom stereocenters. The number of nitrogens with two attached hydrogens (primary N) is 1. The first-order chi connectivity index (χ1) is 8.61. The van der Waals surface area contributed by atoms with E-state index in [-0.39, 0.29) is 0 Å². The maximum Gasteiger partial charge on any atom is 0.148 e. The molecular formula is C13H25N5. The molecule has 0 aliphatic carbocycles. The fraction of sp³-hybridized carbons (Fsp3) is 0.769. The molecule has 0 saturated carbocycles. The second-order valence-electron chi connectivity index (χ2n) is 5.32. The van der Waals surface area contributed by atoms with E-state index in [9.17, 15) is 0 Å². The number of rotatable bonds is 4. The minimum Gasteiger partial charge on any atom is -0.394 e. The van der Waals surface area contributed by atoms with Gasteiger partial charge in [-0.2, -0.15) is 5.10 Å². The van der Waals surface area contributed by atoms with E-state index >= 15 is 0 Å². The van der Waals surface area contributed by atoms with Crippen LogP contribution in [-0.4, -0.2) is 40.9 Å². The van der Waals surface area contributed by atoms with Crippen molar-refractivity contribution >= 4 is 11.5 Å². The number of nitrogens with one attached hydrogen (secondary N) is 1. The molecule has 5 heteroatoms. The number of likely N-dealkylation sites (N-methyl/N-ethyl adjacent to an activating group) is 1. The van der Waals surface area contributed by atoms with Crippen molar-refractivity contribution in [2.24, 2.45) is 0 Å². The van der Waals surface area contributed by atoms with E-state index < -0.39 is 0 Å². The smallest absolute Gasteiger partial charge is 0.148 e. The van der Waals surface area contributed by atoms with Gasteiger partial charge >= 0.3 is 0 Å². The maximum atomic E-state index is 6.13. The molecule has 2 rings (SSSR count). The van der Waals surface area contributed by atoms with Gasteiger partial charge in [-0.1, -0.05) is 6.92 Å². The number of nitrogen functional groups attached to an aromatic ring is 1. The molecule has 0 spiro atoms. The number of aromatic nitrogens is 2. The molecule has 1 aromatic heterocycles. The molecular weight excluding hydrogens is 226 g/mol. The number of hydrogen-bond donors (Lipinski definition) is 2. The third-order valence-corrected chi connectivity index (χ3v) is 3.57. The Balaban J connectivity index is 2.11. The predicted molar refractivity (Wildman–Crippen MR) is 75.8 cm³/mol. The number of piperidine rings is 1. The standard InChI is InChI=1S/C13H25N5/c1-4-7-18-13(12(14)10(2)16-18)15-11-6-5-8-17(3)9-11/h11,15H,4-9,14H2,1-3H3. The number of anilines is 2. The van der Waals surface area contributed by atoms with Crippen LogP contribution in [-0.2, 0) is 6.54 Å². The molecule has 1 aliphatic rings. The van der Waals surface area contributed by atoms with Gasteiger partial charge in [0.15, 0.2) is 0 Å². The van der Waals surface area contributed by atoms with Gasteiger partial charge in [0.1, 0.15) is 5.82 Å². The first-order valence-corrected chi connectivity index (χ1v) is 6.89. The van der Waals surface area contributed by atoms with E-state index in [0.717, 1.165) is 36.7 Å². The van der Waals surface area contributed by atoms with Crippen LogP contribution in [0.1, 0.15) is 31.9 Å². The largest absolute Gasteiger partial charge is 0.394 e. The third-order valence-electron chi connectivity index (χ3n) is 3.57. The summed E-state index contributed by atoms with van der Waals surface area (Å²) in [7, 11) is 2.17. The van der Waals surface area contributed by atoms with Crippen molar-refractivity contribution in [2.45, 2.75) is 45.7 Å². The maximum absolute atomic E-state index is 6.13. The first kappa shape index (κ1) is 13.2. The summed E-state index contributed by atoms with van der Waals surface area (Å²) in [6, 6.07) is 0.484. The monoisotopic (exact) mass is 251 g/mol. The van der Waals surface area contributed by atoms with E-state index in [1.807, 2.05) is 11.6 Å². The Hall–Kier alpha value is -1.23. The molecule has 1 unspecified atom stereocenters. The normalized spacial score (nSPS) is 21.2. The minimum atomic E-state index is 0.484. The van der Waals surface area contributed by atoms with Gasteiger partial charge in [0.2, 0.25) is 0 Å². The Morgan fingerprint density at radius 1 is 1.50 bits per heavy atom. The second kappa shape index (κ2) is 5.61. The highest BCUT2D eigenvalue weighted by molar-refractivity contribution is 5.65. The van der Waals surface area contributed by atoms with Crippen molar-refractivity contribution in [3.8, 4) is 0 Å². The van der Waals surface area contributed by atoms with Gasteiger partial charge in [0.25, 0.3) is 0 Å². The molecule has 0 aromatic carbocycles. The predicted octanol–water partition coefficient (Wildman–Crippen LogP) is 1.69. The van der Waals surface area contributed by atoms with E-state index in [4.69, 9.17) is 5.73 Å². The topological polar surface area (TPSA) is 59.1 Å². The fourth-order valence-corrected chi connectivity index (χ4v) is 2.60. The van der Waals surface area contributed by atoms with Crippen LogP contribution in [0.3, 0.4) is 0 Å². The van der Waals surface area contributed by atoms with Gasteiger partial charge in [-0.25, -0.2) is 4.68 Å². The lowest BCUT2D eigenvalue weighted by atomic mass is 10.1. The van der Waals surface area contributed by atoms with Crippen LogP contribution in [0.25, 0.3) is 0 Å². The summed E-state index contributed by atoms with van der Waals surface area (Å²) in [5, 5.41) is 8.09. The zero-order valence-electron chi connectivity index (χ0n) is 11.7. The van der Waals surface area contributed by atoms with Gasteiger partial charge in [-0.15, -0.1) is 0 Å². The Kier molecular flexibility index (Phi) is 4.11. The molecule has 18 heavy (non-hydrogen) atoms. The number of likely N-dealkylation sites (tertiary alicyclic amines) is 1. The highest BCUT2D eigenvalue weighted by Crippen LogP contribution is 2.25. The van der Waals surface area contributed by atoms with Gasteiger partial charge in [0, 0.05) is 19.1 Å². The summed E-state index contributed by atoms with van der Waals surface area (Å²) in [5.41, 5.74) is 7.85. The molecule has 1 aliphatic heterocycles. The van der Waals surface area contributed by atoms with E-state index in [1.165, 1.54) is 19.4 Å². The lowest BCUT2D eigenvalue weighted by molar-refractivity contribution is 0.260. The van der Waals surface area contributed by atoms with E-state index in [1.54, 1.807) is 0 Å². The first-order valence-electron chi connectivity index (χ1n) is 6.89. The van der Waals surface area contributed by atoms with Crippen LogP contribution < -0.4 is 11.1 Å². The van der Waals surface area contributed by atoms with Crippen LogP contribution in [0.4, 0.5) is 11.5 Å². The molecule has 0 bridgehead atoms. The Bertz CT molecular complexity index is 398. The van der Waals surface area contributed by atoms with Gasteiger partial charge in [0.05, 0.1) is 11.4 Å². The summed E-state index contributed by atoms with van der Waals surface area (Å²) in [6.45, 7) is 7.32. The van der Waals surface area contributed by atoms with Gasteiger partial charge < -0.3 is 16.0 Å².